The number of ether oxygens (including phenoxy) is 1. The lowest BCUT2D eigenvalue weighted by molar-refractivity contribution is 0.102. The number of hydrogen-bond donors (Lipinski definition) is 1. The van der Waals surface area contributed by atoms with Crippen LogP contribution in [0.4, 0.5) is 5.82 Å². The molecule has 0 aliphatic rings. The smallest absolute Gasteiger partial charge is 0.276 e. The molecule has 0 saturated carbocycles. The van der Waals surface area contributed by atoms with E-state index in [2.05, 4.69) is 46.2 Å². The van der Waals surface area contributed by atoms with Crippen LogP contribution in [0.1, 0.15) is 41.4 Å². The molecule has 0 aliphatic heterocycles. The van der Waals surface area contributed by atoms with E-state index in [0.717, 1.165) is 16.1 Å². The molecule has 6 nitrogen and oxygen atoms in total. The van der Waals surface area contributed by atoms with Gasteiger partial charge in [0.25, 0.3) is 5.91 Å². The number of nitrogens with zero attached hydrogens (tertiary/aromatic N) is 3. The first kappa shape index (κ1) is 20.7. The number of anilines is 1. The lowest BCUT2D eigenvalue weighted by Crippen LogP contribution is -2.14. The first-order chi connectivity index (χ1) is 15.1. The van der Waals surface area contributed by atoms with Gasteiger partial charge in [-0.3, -0.25) is 9.78 Å². The Hall–Kier alpha value is -3.58. The summed E-state index contributed by atoms with van der Waals surface area (Å²) in [4.78, 5) is 25.5. The van der Waals surface area contributed by atoms with E-state index in [9.17, 15) is 4.79 Å². The molecule has 0 bridgehead atoms. The maximum absolute atomic E-state index is 12.8. The van der Waals surface area contributed by atoms with Crippen molar-refractivity contribution in [2.45, 2.75) is 26.4 Å². The summed E-state index contributed by atoms with van der Waals surface area (Å²) in [6.07, 6.45) is 5.03. The van der Waals surface area contributed by atoms with Gasteiger partial charge in [0.1, 0.15) is 17.3 Å². The highest BCUT2D eigenvalue weighted by atomic mass is 32.1. The molecule has 0 atom stereocenters. The van der Waals surface area contributed by atoms with Gasteiger partial charge in [0.05, 0.1) is 0 Å². The van der Waals surface area contributed by atoms with Gasteiger partial charge in [-0.25, -0.2) is 9.97 Å². The predicted molar refractivity (Wildman–Crippen MR) is 122 cm³/mol. The molecule has 0 radical (unpaired) electrons. The maximum Gasteiger partial charge on any atom is 0.276 e. The van der Waals surface area contributed by atoms with Crippen LogP contribution in [0.2, 0.25) is 0 Å². The van der Waals surface area contributed by atoms with Gasteiger partial charge in [-0.2, -0.15) is 0 Å². The predicted octanol–water partition coefficient (Wildman–Crippen LogP) is 5.55. The Balaban J connectivity index is 1.45. The van der Waals surface area contributed by atoms with Crippen molar-refractivity contribution in [3.05, 3.63) is 89.3 Å². The number of aromatic nitrogens is 3. The van der Waals surface area contributed by atoms with Crippen LogP contribution in [0.3, 0.4) is 0 Å². The molecule has 3 aromatic heterocycles. The van der Waals surface area contributed by atoms with Crippen LogP contribution in [0.5, 0.6) is 5.75 Å². The molecule has 1 N–H and O–H groups in total. The topological polar surface area (TPSA) is 77.0 Å². The first-order valence-corrected chi connectivity index (χ1v) is 10.8. The third-order valence-corrected chi connectivity index (χ3v) is 5.60. The molecule has 0 aliphatic carbocycles. The first-order valence-electron chi connectivity index (χ1n) is 9.94. The Labute approximate surface area is 185 Å². The third-order valence-electron chi connectivity index (χ3n) is 4.71. The summed E-state index contributed by atoms with van der Waals surface area (Å²) in [6, 6.07) is 15.6. The highest BCUT2D eigenvalue weighted by Gasteiger charge is 2.15. The van der Waals surface area contributed by atoms with Gasteiger partial charge < -0.3 is 10.1 Å². The Kier molecular flexibility index (Phi) is 6.33. The van der Waals surface area contributed by atoms with E-state index >= 15 is 0 Å². The molecular formula is C24H22N4O2S. The van der Waals surface area contributed by atoms with E-state index in [1.807, 2.05) is 24.3 Å². The second-order valence-electron chi connectivity index (χ2n) is 7.26. The molecule has 7 heteroatoms. The van der Waals surface area contributed by atoms with Crippen molar-refractivity contribution in [1.29, 1.82) is 0 Å². The van der Waals surface area contributed by atoms with E-state index in [-0.39, 0.29) is 5.91 Å². The second-order valence-corrected chi connectivity index (χ2v) is 8.12. The van der Waals surface area contributed by atoms with Gasteiger partial charge in [-0.1, -0.05) is 38.1 Å². The molecule has 0 saturated heterocycles. The van der Waals surface area contributed by atoms with Gasteiger partial charge in [0.15, 0.2) is 11.6 Å². The summed E-state index contributed by atoms with van der Waals surface area (Å²) < 4.78 is 5.84. The van der Waals surface area contributed by atoms with E-state index in [1.54, 1.807) is 36.1 Å². The summed E-state index contributed by atoms with van der Waals surface area (Å²) in [5.41, 5.74) is 3.59. The van der Waals surface area contributed by atoms with E-state index in [1.165, 1.54) is 16.9 Å². The summed E-state index contributed by atoms with van der Waals surface area (Å²) in [5, 5.41) is 5.36. The molecular weight excluding hydrogens is 408 g/mol. The van der Waals surface area contributed by atoms with Crippen LogP contribution in [0.15, 0.2) is 72.5 Å². The van der Waals surface area contributed by atoms with Crippen molar-refractivity contribution < 1.29 is 9.53 Å². The second kappa shape index (κ2) is 9.49. The molecule has 0 fully saturated rings. The Bertz CT molecular complexity index is 1160. The molecule has 156 valence electrons. The minimum absolute atomic E-state index is 0.325. The van der Waals surface area contributed by atoms with Crippen molar-refractivity contribution >= 4 is 23.1 Å². The Morgan fingerprint density at radius 2 is 1.84 bits per heavy atom. The van der Waals surface area contributed by atoms with Crippen molar-refractivity contribution in [2.75, 3.05) is 5.32 Å². The lowest BCUT2D eigenvalue weighted by Gasteiger charge is -2.10. The summed E-state index contributed by atoms with van der Waals surface area (Å²) in [7, 11) is 0. The summed E-state index contributed by atoms with van der Waals surface area (Å²) in [5.74, 6) is 0.999. The Morgan fingerprint density at radius 1 is 1.06 bits per heavy atom. The zero-order chi connectivity index (χ0) is 21.6. The molecule has 0 unspecified atom stereocenters. The minimum Gasteiger partial charge on any atom is -0.485 e. The number of hydrogen-bond acceptors (Lipinski definition) is 6. The van der Waals surface area contributed by atoms with Gasteiger partial charge in [0.2, 0.25) is 0 Å². The SMILES string of the molecule is CC(C)c1ccc(-c2nc(C(=O)Nc3ncccc3OCc3ccncc3)cs2)cc1. The number of rotatable bonds is 7. The number of pyridine rings is 2. The average molecular weight is 431 g/mol. The van der Waals surface area contributed by atoms with Gasteiger partial charge >= 0.3 is 0 Å². The highest BCUT2D eigenvalue weighted by molar-refractivity contribution is 7.13. The van der Waals surface area contributed by atoms with Crippen molar-refractivity contribution in [1.82, 2.24) is 15.0 Å². The lowest BCUT2D eigenvalue weighted by atomic mass is 10.0. The number of amides is 1. The number of thiazole rings is 1. The minimum atomic E-state index is -0.325. The molecule has 4 rings (SSSR count). The van der Waals surface area contributed by atoms with Crippen LogP contribution in [0.25, 0.3) is 10.6 Å². The standard InChI is InChI=1S/C24H22N4O2S/c1-16(2)18-5-7-19(8-6-18)24-27-20(15-31-24)23(29)28-22-21(4-3-11-26-22)30-14-17-9-12-25-13-10-17/h3-13,15-16H,14H2,1-2H3,(H,26,28,29). The van der Waals surface area contributed by atoms with Gasteiger partial charge in [0, 0.05) is 29.5 Å². The fraction of sp³-hybridized carbons (Fsp3) is 0.167. The van der Waals surface area contributed by atoms with Crippen LogP contribution in [-0.2, 0) is 6.61 Å². The van der Waals surface area contributed by atoms with Gasteiger partial charge in [-0.05, 0) is 41.3 Å². The number of carbonyl (C=O) groups excluding carboxylic acids is 1. The molecule has 1 amide bonds. The summed E-state index contributed by atoms with van der Waals surface area (Å²) in [6.45, 7) is 4.67. The molecule has 0 spiro atoms. The van der Waals surface area contributed by atoms with Crippen molar-refractivity contribution in [3.8, 4) is 16.3 Å². The molecule has 31 heavy (non-hydrogen) atoms. The van der Waals surface area contributed by atoms with E-state index in [4.69, 9.17) is 4.74 Å². The monoisotopic (exact) mass is 430 g/mol. The number of carbonyl (C=O) groups is 1. The fourth-order valence-corrected chi connectivity index (χ4v) is 3.74. The quantitative estimate of drug-likeness (QED) is 0.416. The van der Waals surface area contributed by atoms with Crippen LogP contribution in [-0.4, -0.2) is 20.9 Å². The zero-order valence-electron chi connectivity index (χ0n) is 17.3. The van der Waals surface area contributed by atoms with Crippen molar-refractivity contribution in [2.24, 2.45) is 0 Å². The molecule has 4 aromatic rings. The number of nitrogens with one attached hydrogen (secondary N) is 1. The van der Waals surface area contributed by atoms with E-state index < -0.39 is 0 Å². The van der Waals surface area contributed by atoms with Crippen LogP contribution >= 0.6 is 11.3 Å². The van der Waals surface area contributed by atoms with E-state index in [0.29, 0.717) is 29.8 Å². The highest BCUT2D eigenvalue weighted by Crippen LogP contribution is 2.27. The van der Waals surface area contributed by atoms with Crippen LogP contribution in [0, 0.1) is 0 Å². The van der Waals surface area contributed by atoms with Crippen molar-refractivity contribution in [3.63, 3.8) is 0 Å². The normalized spacial score (nSPS) is 10.8. The molecule has 1 aromatic carbocycles. The maximum atomic E-state index is 12.8. The third kappa shape index (κ3) is 5.13. The average Bonchev–Trinajstić information content (AvgIpc) is 3.30. The number of benzene rings is 1. The molecule has 3 heterocycles. The van der Waals surface area contributed by atoms with Crippen LogP contribution < -0.4 is 10.1 Å². The fourth-order valence-electron chi connectivity index (χ4n) is 2.93. The zero-order valence-corrected chi connectivity index (χ0v) is 18.1. The Morgan fingerprint density at radius 3 is 2.58 bits per heavy atom. The van der Waals surface area contributed by atoms with Gasteiger partial charge in [-0.15, -0.1) is 11.3 Å². The summed E-state index contributed by atoms with van der Waals surface area (Å²) >= 11 is 1.44. The largest absolute Gasteiger partial charge is 0.485 e.